The minimum atomic E-state index is 1.13. The van der Waals surface area contributed by atoms with Crippen LogP contribution in [-0.4, -0.2) is 9.13 Å². The highest BCUT2D eigenvalue weighted by atomic mass is 15.0. The molecule has 0 saturated carbocycles. The molecule has 3 aromatic carbocycles. The molecule has 2 nitrogen and oxygen atoms in total. The van der Waals surface area contributed by atoms with Crippen molar-refractivity contribution in [3.63, 3.8) is 0 Å². The highest BCUT2D eigenvalue weighted by molar-refractivity contribution is 6.09. The molecule has 6 rings (SSSR count). The second-order valence-electron chi connectivity index (χ2n) is 7.43. The van der Waals surface area contributed by atoms with E-state index in [1.54, 1.807) is 0 Å². The molecule has 0 amide bonds. The second-order valence-corrected chi connectivity index (χ2v) is 7.43. The molecular weight excluding hydrogens is 328 g/mol. The Bertz CT molecular complexity index is 1330. The Kier molecular flexibility index (Phi) is 2.96. The van der Waals surface area contributed by atoms with E-state index < -0.39 is 0 Å². The Morgan fingerprint density at radius 3 is 2.19 bits per heavy atom. The zero-order chi connectivity index (χ0) is 18.0. The predicted molar refractivity (Wildman–Crippen MR) is 115 cm³/mol. The summed E-state index contributed by atoms with van der Waals surface area (Å²) in [5.74, 6) is 0. The number of fused-ring (bicyclic) bond motifs is 6. The average molecular weight is 348 g/mol. The van der Waals surface area contributed by atoms with E-state index in [0.29, 0.717) is 0 Å². The van der Waals surface area contributed by atoms with E-state index in [4.69, 9.17) is 0 Å². The first-order valence-corrected chi connectivity index (χ1v) is 9.59. The van der Waals surface area contributed by atoms with E-state index in [2.05, 4.69) is 95.1 Å². The highest BCUT2D eigenvalue weighted by Crippen LogP contribution is 2.35. The van der Waals surface area contributed by atoms with Crippen LogP contribution in [0.4, 0.5) is 0 Å². The zero-order valence-corrected chi connectivity index (χ0v) is 15.3. The van der Waals surface area contributed by atoms with Crippen LogP contribution in [0.25, 0.3) is 44.5 Å². The first kappa shape index (κ1) is 14.9. The van der Waals surface area contributed by atoms with Crippen molar-refractivity contribution in [2.75, 3.05) is 0 Å². The van der Waals surface area contributed by atoms with Crippen molar-refractivity contribution in [2.45, 2.75) is 12.8 Å². The van der Waals surface area contributed by atoms with Crippen LogP contribution in [0.5, 0.6) is 0 Å². The molecule has 2 heteroatoms. The van der Waals surface area contributed by atoms with E-state index in [1.165, 1.54) is 49.7 Å². The first-order valence-electron chi connectivity index (χ1n) is 9.59. The fraction of sp³-hybridized carbons (Fsp3) is 0.120. The molecule has 0 spiro atoms. The van der Waals surface area contributed by atoms with Crippen LogP contribution in [0.15, 0.2) is 72.8 Å². The van der Waals surface area contributed by atoms with Gasteiger partial charge in [-0.1, -0.05) is 48.6 Å². The Labute approximate surface area is 158 Å². The van der Waals surface area contributed by atoms with Crippen LogP contribution >= 0.6 is 0 Å². The molecule has 0 fully saturated rings. The SMILES string of the molecule is Cn1c2c(c3cc(-n4c5ccccc5c5ccccc54)ccc31)C=CCC2. The molecular formula is C25H20N2. The van der Waals surface area contributed by atoms with Gasteiger partial charge in [-0.05, 0) is 43.2 Å². The molecule has 5 aromatic rings. The number of hydrogen-bond acceptors (Lipinski definition) is 0. The van der Waals surface area contributed by atoms with E-state index in [0.717, 1.165) is 12.8 Å². The maximum absolute atomic E-state index is 2.40. The minimum absolute atomic E-state index is 1.13. The van der Waals surface area contributed by atoms with Gasteiger partial charge in [0.2, 0.25) is 0 Å². The molecule has 1 aliphatic rings. The summed E-state index contributed by atoms with van der Waals surface area (Å²) >= 11 is 0. The second kappa shape index (κ2) is 5.37. The molecule has 2 aromatic heterocycles. The van der Waals surface area contributed by atoms with Gasteiger partial charge in [-0.15, -0.1) is 0 Å². The van der Waals surface area contributed by atoms with Crippen LogP contribution in [0, 0.1) is 0 Å². The fourth-order valence-electron chi connectivity index (χ4n) is 4.76. The third-order valence-electron chi connectivity index (χ3n) is 6.02. The van der Waals surface area contributed by atoms with Gasteiger partial charge in [-0.3, -0.25) is 0 Å². The Morgan fingerprint density at radius 1 is 0.741 bits per heavy atom. The van der Waals surface area contributed by atoms with Gasteiger partial charge in [-0.25, -0.2) is 0 Å². The summed E-state index contributed by atoms with van der Waals surface area (Å²) in [7, 11) is 2.19. The molecule has 130 valence electrons. The molecule has 0 saturated heterocycles. The van der Waals surface area contributed by atoms with Crippen molar-refractivity contribution >= 4 is 38.8 Å². The van der Waals surface area contributed by atoms with E-state index in [1.807, 2.05) is 0 Å². The van der Waals surface area contributed by atoms with Crippen LogP contribution in [0.3, 0.4) is 0 Å². The van der Waals surface area contributed by atoms with Gasteiger partial charge in [0.1, 0.15) is 0 Å². The molecule has 0 unspecified atom stereocenters. The van der Waals surface area contributed by atoms with Crippen LogP contribution in [0.2, 0.25) is 0 Å². The van der Waals surface area contributed by atoms with Gasteiger partial charge in [0.15, 0.2) is 0 Å². The zero-order valence-electron chi connectivity index (χ0n) is 15.3. The highest BCUT2D eigenvalue weighted by Gasteiger charge is 2.17. The van der Waals surface area contributed by atoms with Crippen molar-refractivity contribution < 1.29 is 0 Å². The lowest BCUT2D eigenvalue weighted by Crippen LogP contribution is -1.99. The summed E-state index contributed by atoms with van der Waals surface area (Å²) in [5.41, 5.74) is 7.91. The predicted octanol–water partition coefficient (Wildman–Crippen LogP) is 6.23. The summed E-state index contributed by atoms with van der Waals surface area (Å²) in [4.78, 5) is 0. The lowest BCUT2D eigenvalue weighted by atomic mass is 10.0. The summed E-state index contributed by atoms with van der Waals surface area (Å²) in [6, 6.07) is 24.3. The van der Waals surface area contributed by atoms with Crippen LogP contribution in [-0.2, 0) is 13.5 Å². The molecule has 27 heavy (non-hydrogen) atoms. The van der Waals surface area contributed by atoms with Gasteiger partial charge in [0.05, 0.1) is 11.0 Å². The maximum Gasteiger partial charge on any atom is 0.0541 e. The Hall–Kier alpha value is -3.26. The monoisotopic (exact) mass is 348 g/mol. The standard InChI is InChI=1S/C25H20N2/c1-26-22-11-5-2-10-20(22)21-16-17(14-15-23(21)26)27-24-12-6-3-8-18(24)19-9-4-7-13-25(19)27/h2-4,6-10,12-16H,5,11H2,1H3. The van der Waals surface area contributed by atoms with E-state index >= 15 is 0 Å². The molecule has 0 aliphatic heterocycles. The smallest absolute Gasteiger partial charge is 0.0541 e. The number of benzene rings is 3. The number of hydrogen-bond donors (Lipinski definition) is 0. The van der Waals surface area contributed by atoms with Gasteiger partial charge < -0.3 is 9.13 Å². The van der Waals surface area contributed by atoms with Crippen molar-refractivity contribution in [1.29, 1.82) is 0 Å². The van der Waals surface area contributed by atoms with Crippen molar-refractivity contribution in [2.24, 2.45) is 7.05 Å². The Balaban J connectivity index is 1.72. The van der Waals surface area contributed by atoms with Gasteiger partial charge >= 0.3 is 0 Å². The largest absolute Gasteiger partial charge is 0.347 e. The topological polar surface area (TPSA) is 9.86 Å². The summed E-state index contributed by atoms with van der Waals surface area (Å²) in [6.45, 7) is 0. The quantitative estimate of drug-likeness (QED) is 0.339. The number of rotatable bonds is 1. The molecule has 0 atom stereocenters. The van der Waals surface area contributed by atoms with Gasteiger partial charge in [0.25, 0.3) is 0 Å². The average Bonchev–Trinajstić information content (AvgIpc) is 3.21. The lowest BCUT2D eigenvalue weighted by Gasteiger charge is -2.09. The Morgan fingerprint density at radius 2 is 1.44 bits per heavy atom. The third-order valence-corrected chi connectivity index (χ3v) is 6.02. The van der Waals surface area contributed by atoms with E-state index in [9.17, 15) is 0 Å². The third kappa shape index (κ3) is 1.95. The van der Waals surface area contributed by atoms with Gasteiger partial charge in [-0.2, -0.15) is 0 Å². The fourth-order valence-corrected chi connectivity index (χ4v) is 4.76. The molecule has 0 bridgehead atoms. The molecule has 0 N–H and O–H groups in total. The minimum Gasteiger partial charge on any atom is -0.347 e. The summed E-state index contributed by atoms with van der Waals surface area (Å²) in [6.07, 6.45) is 6.87. The van der Waals surface area contributed by atoms with Crippen molar-refractivity contribution in [1.82, 2.24) is 9.13 Å². The summed E-state index contributed by atoms with van der Waals surface area (Å²) in [5, 5.41) is 3.97. The van der Waals surface area contributed by atoms with Crippen LogP contribution in [0.1, 0.15) is 17.7 Å². The normalized spacial score (nSPS) is 13.7. The lowest BCUT2D eigenvalue weighted by molar-refractivity contribution is 0.824. The van der Waals surface area contributed by atoms with Crippen molar-refractivity contribution in [3.05, 3.63) is 84.1 Å². The van der Waals surface area contributed by atoms with E-state index in [-0.39, 0.29) is 0 Å². The molecule has 0 radical (unpaired) electrons. The number of aromatic nitrogens is 2. The summed E-state index contributed by atoms with van der Waals surface area (Å²) < 4.78 is 4.76. The maximum atomic E-state index is 2.40. The first-order chi connectivity index (χ1) is 13.3. The van der Waals surface area contributed by atoms with Crippen LogP contribution < -0.4 is 0 Å². The molecule has 1 aliphatic carbocycles. The number of nitrogens with zero attached hydrogens (tertiary/aromatic N) is 2. The number of aryl methyl sites for hydroxylation is 1. The van der Waals surface area contributed by atoms with Crippen molar-refractivity contribution in [3.8, 4) is 5.69 Å². The van der Waals surface area contributed by atoms with Gasteiger partial charge in [0, 0.05) is 45.7 Å². The molecule has 2 heterocycles. The number of allylic oxidation sites excluding steroid dienone is 1. The number of para-hydroxylation sites is 2.